The standard InChI is InChI=1S/C19H16F3NO3/c1-23(2)16-11-17(24)14(18(25)26-3)10-13(16)9-8-12-6-4-5-7-15(12)19(20,21)22/h4-7,10-11,24H,1-3H3. The molecule has 0 bridgehead atoms. The Morgan fingerprint density at radius 1 is 1.12 bits per heavy atom. The quantitative estimate of drug-likeness (QED) is 0.654. The minimum absolute atomic E-state index is 0.119. The summed E-state index contributed by atoms with van der Waals surface area (Å²) in [6.07, 6.45) is -4.53. The molecule has 0 amide bonds. The van der Waals surface area contributed by atoms with Gasteiger partial charge in [0.15, 0.2) is 0 Å². The van der Waals surface area contributed by atoms with Gasteiger partial charge in [0.05, 0.1) is 18.4 Å². The van der Waals surface area contributed by atoms with Gasteiger partial charge in [-0.15, -0.1) is 0 Å². The number of carbonyl (C=O) groups excluding carboxylic acids is 1. The number of nitrogens with zero attached hydrogens (tertiary/aromatic N) is 1. The van der Waals surface area contributed by atoms with Gasteiger partial charge in [0.25, 0.3) is 0 Å². The molecule has 4 nitrogen and oxygen atoms in total. The van der Waals surface area contributed by atoms with Crippen molar-refractivity contribution in [2.75, 3.05) is 26.1 Å². The van der Waals surface area contributed by atoms with Crippen LogP contribution in [0, 0.1) is 11.8 Å². The van der Waals surface area contributed by atoms with Gasteiger partial charge in [-0.25, -0.2) is 4.79 Å². The molecule has 7 heteroatoms. The van der Waals surface area contributed by atoms with Crippen molar-refractivity contribution in [2.24, 2.45) is 0 Å². The van der Waals surface area contributed by atoms with E-state index in [1.54, 1.807) is 19.0 Å². The minimum atomic E-state index is -4.53. The van der Waals surface area contributed by atoms with Crippen LogP contribution in [0.15, 0.2) is 36.4 Å². The number of carbonyl (C=O) groups is 1. The summed E-state index contributed by atoms with van der Waals surface area (Å²) in [4.78, 5) is 13.4. The van der Waals surface area contributed by atoms with E-state index in [9.17, 15) is 23.1 Å². The summed E-state index contributed by atoms with van der Waals surface area (Å²) in [6, 6.07) is 7.57. The fourth-order valence-electron chi connectivity index (χ4n) is 2.29. The second-order valence-electron chi connectivity index (χ2n) is 5.57. The lowest BCUT2D eigenvalue weighted by Crippen LogP contribution is -2.12. The maximum Gasteiger partial charge on any atom is 0.417 e. The Kier molecular flexibility index (Phi) is 5.46. The fraction of sp³-hybridized carbons (Fsp3) is 0.211. The van der Waals surface area contributed by atoms with Crippen LogP contribution in [0.1, 0.15) is 27.0 Å². The minimum Gasteiger partial charge on any atom is -0.507 e. The number of aromatic hydroxyl groups is 1. The molecule has 2 rings (SSSR count). The van der Waals surface area contributed by atoms with Crippen molar-refractivity contribution in [1.82, 2.24) is 0 Å². The maximum absolute atomic E-state index is 13.1. The first kappa shape index (κ1) is 19.2. The van der Waals surface area contributed by atoms with E-state index in [4.69, 9.17) is 0 Å². The molecule has 0 radical (unpaired) electrons. The lowest BCUT2D eigenvalue weighted by Gasteiger charge is -2.16. The van der Waals surface area contributed by atoms with Gasteiger partial charge in [0.2, 0.25) is 0 Å². The number of alkyl halides is 3. The highest BCUT2D eigenvalue weighted by Gasteiger charge is 2.32. The second kappa shape index (κ2) is 7.40. The Labute approximate surface area is 148 Å². The summed E-state index contributed by atoms with van der Waals surface area (Å²) in [6.45, 7) is 0. The summed E-state index contributed by atoms with van der Waals surface area (Å²) >= 11 is 0. The van der Waals surface area contributed by atoms with E-state index >= 15 is 0 Å². The van der Waals surface area contributed by atoms with Crippen LogP contribution in [0.2, 0.25) is 0 Å². The van der Waals surface area contributed by atoms with Gasteiger partial charge < -0.3 is 14.7 Å². The third-order valence-corrected chi connectivity index (χ3v) is 3.57. The first-order chi connectivity index (χ1) is 12.1. The third kappa shape index (κ3) is 4.09. The molecule has 0 aliphatic rings. The van der Waals surface area contributed by atoms with Crippen molar-refractivity contribution in [1.29, 1.82) is 0 Å². The number of ether oxygens (including phenoxy) is 1. The maximum atomic E-state index is 13.1. The number of methoxy groups -OCH3 is 1. The Hall–Kier alpha value is -3.14. The summed E-state index contributed by atoms with van der Waals surface area (Å²) in [7, 11) is 4.52. The molecule has 136 valence electrons. The number of phenols is 1. The monoisotopic (exact) mass is 363 g/mol. The fourth-order valence-corrected chi connectivity index (χ4v) is 2.29. The zero-order valence-electron chi connectivity index (χ0n) is 14.3. The van der Waals surface area contributed by atoms with Gasteiger partial charge in [-0.1, -0.05) is 24.0 Å². The molecular formula is C19H16F3NO3. The zero-order valence-corrected chi connectivity index (χ0v) is 14.3. The molecule has 0 aliphatic carbocycles. The van der Waals surface area contributed by atoms with E-state index in [1.165, 1.54) is 30.3 Å². The van der Waals surface area contributed by atoms with Crippen molar-refractivity contribution in [2.45, 2.75) is 6.18 Å². The van der Waals surface area contributed by atoms with E-state index in [2.05, 4.69) is 16.6 Å². The van der Waals surface area contributed by atoms with Crippen LogP contribution in [0.5, 0.6) is 5.75 Å². The molecule has 0 saturated carbocycles. The van der Waals surface area contributed by atoms with Crippen molar-refractivity contribution in [3.63, 3.8) is 0 Å². The molecule has 0 aliphatic heterocycles. The van der Waals surface area contributed by atoms with Crippen LogP contribution in [0.25, 0.3) is 0 Å². The van der Waals surface area contributed by atoms with Gasteiger partial charge >= 0.3 is 12.1 Å². The summed E-state index contributed by atoms with van der Waals surface area (Å²) < 4.78 is 43.8. The van der Waals surface area contributed by atoms with E-state index in [0.29, 0.717) is 5.69 Å². The smallest absolute Gasteiger partial charge is 0.417 e. The van der Waals surface area contributed by atoms with E-state index in [1.807, 2.05) is 0 Å². The normalized spacial score (nSPS) is 10.7. The number of hydrogen-bond acceptors (Lipinski definition) is 4. The molecule has 2 aromatic rings. The average molecular weight is 363 g/mol. The summed E-state index contributed by atoms with van der Waals surface area (Å²) in [5.41, 5.74) is -0.410. The Morgan fingerprint density at radius 2 is 1.73 bits per heavy atom. The van der Waals surface area contributed by atoms with Crippen LogP contribution in [-0.4, -0.2) is 32.3 Å². The molecule has 0 saturated heterocycles. The second-order valence-corrected chi connectivity index (χ2v) is 5.57. The molecule has 0 fully saturated rings. The van der Waals surface area contributed by atoms with Gasteiger partial charge in [0.1, 0.15) is 11.3 Å². The van der Waals surface area contributed by atoms with Gasteiger partial charge in [0, 0.05) is 31.3 Å². The third-order valence-electron chi connectivity index (χ3n) is 3.57. The lowest BCUT2D eigenvalue weighted by atomic mass is 10.0. The highest BCUT2D eigenvalue weighted by atomic mass is 19.4. The van der Waals surface area contributed by atoms with Crippen LogP contribution < -0.4 is 4.90 Å². The van der Waals surface area contributed by atoms with Gasteiger partial charge in [-0.05, 0) is 18.2 Å². The average Bonchev–Trinajstić information content (AvgIpc) is 2.59. The Balaban J connectivity index is 2.61. The van der Waals surface area contributed by atoms with Gasteiger partial charge in [-0.2, -0.15) is 13.2 Å². The molecule has 0 heterocycles. The molecule has 0 unspecified atom stereocenters. The molecule has 0 spiro atoms. The number of halogens is 3. The van der Waals surface area contributed by atoms with Crippen molar-refractivity contribution < 1.29 is 27.8 Å². The number of rotatable bonds is 2. The van der Waals surface area contributed by atoms with Crippen LogP contribution in [-0.2, 0) is 10.9 Å². The summed E-state index contributed by atoms with van der Waals surface area (Å²) in [5, 5.41) is 9.98. The Bertz CT molecular complexity index is 893. The van der Waals surface area contributed by atoms with Crippen molar-refractivity contribution in [3.05, 3.63) is 58.7 Å². The number of esters is 1. The van der Waals surface area contributed by atoms with E-state index < -0.39 is 17.7 Å². The number of benzene rings is 2. The molecular weight excluding hydrogens is 347 g/mol. The first-order valence-corrected chi connectivity index (χ1v) is 7.46. The Morgan fingerprint density at radius 3 is 2.31 bits per heavy atom. The van der Waals surface area contributed by atoms with E-state index in [0.717, 1.165) is 13.2 Å². The van der Waals surface area contributed by atoms with Gasteiger partial charge in [-0.3, -0.25) is 0 Å². The van der Waals surface area contributed by atoms with E-state index in [-0.39, 0.29) is 22.4 Å². The molecule has 26 heavy (non-hydrogen) atoms. The molecule has 0 aromatic heterocycles. The van der Waals surface area contributed by atoms with Crippen molar-refractivity contribution >= 4 is 11.7 Å². The summed E-state index contributed by atoms with van der Waals surface area (Å²) in [5.74, 6) is 4.09. The van der Waals surface area contributed by atoms with Crippen LogP contribution in [0.4, 0.5) is 18.9 Å². The van der Waals surface area contributed by atoms with Crippen LogP contribution >= 0.6 is 0 Å². The zero-order chi connectivity index (χ0) is 19.5. The molecule has 0 atom stereocenters. The molecule has 2 aromatic carbocycles. The topological polar surface area (TPSA) is 49.8 Å². The largest absolute Gasteiger partial charge is 0.507 e. The number of phenolic OH excluding ortho intramolecular Hbond substituents is 1. The lowest BCUT2D eigenvalue weighted by molar-refractivity contribution is -0.137. The SMILES string of the molecule is COC(=O)c1cc(C#Cc2ccccc2C(F)(F)F)c(N(C)C)cc1O. The highest BCUT2D eigenvalue weighted by Crippen LogP contribution is 2.32. The predicted molar refractivity (Wildman–Crippen MR) is 91.2 cm³/mol. The number of hydrogen-bond donors (Lipinski definition) is 1. The number of anilines is 1. The van der Waals surface area contributed by atoms with Crippen LogP contribution in [0.3, 0.4) is 0 Å². The van der Waals surface area contributed by atoms with Crippen molar-refractivity contribution in [3.8, 4) is 17.6 Å². The first-order valence-electron chi connectivity index (χ1n) is 7.46. The molecule has 1 N–H and O–H groups in total. The highest BCUT2D eigenvalue weighted by molar-refractivity contribution is 5.94. The predicted octanol–water partition coefficient (Wildman–Crippen LogP) is 3.66.